The van der Waals surface area contributed by atoms with Crippen molar-refractivity contribution < 1.29 is 9.53 Å². The smallest absolute Gasteiger partial charge is 0.321 e. The Bertz CT molecular complexity index is 1060. The predicted octanol–water partition coefficient (Wildman–Crippen LogP) is 6.40. The summed E-state index contributed by atoms with van der Waals surface area (Å²) in [6, 6.07) is 16.2. The second-order valence-corrected chi connectivity index (χ2v) is 8.88. The molecule has 182 valence electrons. The Labute approximate surface area is 204 Å². The number of nitrogens with zero attached hydrogens (tertiary/aromatic N) is 3. The summed E-state index contributed by atoms with van der Waals surface area (Å²) in [5.74, 6) is 1.11. The zero-order valence-corrected chi connectivity index (χ0v) is 21.2. The number of unbranched alkanes of at least 4 members (excludes halogenated alkanes) is 1. The Hall–Kier alpha value is -3.28. The van der Waals surface area contributed by atoms with E-state index in [9.17, 15) is 4.79 Å². The summed E-state index contributed by atoms with van der Waals surface area (Å²) in [7, 11) is 1.67. The molecule has 2 aromatic carbocycles. The number of ether oxygens (including phenoxy) is 1. The van der Waals surface area contributed by atoms with Crippen LogP contribution in [0.25, 0.3) is 11.3 Å². The maximum Gasteiger partial charge on any atom is 0.321 e. The van der Waals surface area contributed by atoms with Gasteiger partial charge in [0.1, 0.15) is 5.75 Å². The molecule has 0 aliphatic rings. The number of benzene rings is 2. The van der Waals surface area contributed by atoms with Crippen LogP contribution in [0.1, 0.15) is 57.2 Å². The molecule has 0 spiro atoms. The minimum absolute atomic E-state index is 0.110. The van der Waals surface area contributed by atoms with E-state index in [0.717, 1.165) is 54.1 Å². The normalized spacial score (nSPS) is 11.0. The summed E-state index contributed by atoms with van der Waals surface area (Å²) in [4.78, 5) is 19.1. The number of imidazole rings is 1. The lowest BCUT2D eigenvalue weighted by Crippen LogP contribution is -2.39. The summed E-state index contributed by atoms with van der Waals surface area (Å²) < 4.78 is 8.47. The number of carbonyl (C=O) groups is 1. The van der Waals surface area contributed by atoms with Crippen LogP contribution in [0.4, 0.5) is 10.5 Å². The monoisotopic (exact) mass is 462 g/mol. The van der Waals surface area contributed by atoms with Crippen molar-refractivity contribution in [2.24, 2.45) is 0 Å². The molecule has 0 bridgehead atoms. The number of rotatable bonds is 11. The third kappa shape index (κ3) is 5.99. The van der Waals surface area contributed by atoms with Gasteiger partial charge in [0.25, 0.3) is 0 Å². The van der Waals surface area contributed by atoms with Crippen molar-refractivity contribution in [1.82, 2.24) is 14.9 Å². The van der Waals surface area contributed by atoms with Crippen LogP contribution in [0.3, 0.4) is 0 Å². The van der Waals surface area contributed by atoms with E-state index in [2.05, 4.69) is 42.8 Å². The molecule has 0 unspecified atom stereocenters. The van der Waals surface area contributed by atoms with E-state index in [-0.39, 0.29) is 6.03 Å². The van der Waals surface area contributed by atoms with E-state index in [1.54, 1.807) is 11.9 Å². The molecule has 1 heterocycles. The zero-order valence-electron chi connectivity index (χ0n) is 21.2. The van der Waals surface area contributed by atoms with Crippen molar-refractivity contribution in [2.45, 2.75) is 59.4 Å². The SMILES string of the molecule is CCCCN(C(=O)NC)c1c(C)cccc1OCCCn1cnc(-c2ccccc2)c1C(C)C. The van der Waals surface area contributed by atoms with Crippen LogP contribution in [0, 0.1) is 6.92 Å². The number of anilines is 1. The Morgan fingerprint density at radius 2 is 1.88 bits per heavy atom. The first-order chi connectivity index (χ1) is 16.5. The number of para-hydroxylation sites is 1. The summed E-state index contributed by atoms with van der Waals surface area (Å²) in [5.41, 5.74) is 5.32. The van der Waals surface area contributed by atoms with Gasteiger partial charge in [-0.2, -0.15) is 0 Å². The highest BCUT2D eigenvalue weighted by Gasteiger charge is 2.20. The van der Waals surface area contributed by atoms with Crippen molar-refractivity contribution >= 4 is 11.7 Å². The van der Waals surface area contributed by atoms with Crippen LogP contribution < -0.4 is 15.0 Å². The number of aromatic nitrogens is 2. The Kier molecular flexibility index (Phi) is 9.14. The van der Waals surface area contributed by atoms with Gasteiger partial charge in [0.2, 0.25) is 0 Å². The molecule has 0 saturated carbocycles. The molecule has 0 radical (unpaired) electrons. The van der Waals surface area contributed by atoms with Crippen LogP contribution >= 0.6 is 0 Å². The van der Waals surface area contributed by atoms with Gasteiger partial charge in [-0.05, 0) is 37.3 Å². The fourth-order valence-corrected chi connectivity index (χ4v) is 4.27. The van der Waals surface area contributed by atoms with Crippen molar-refractivity contribution in [3.63, 3.8) is 0 Å². The lowest BCUT2D eigenvalue weighted by Gasteiger charge is -2.26. The number of hydrogen-bond acceptors (Lipinski definition) is 3. The molecule has 0 atom stereocenters. The average molecular weight is 463 g/mol. The molecular formula is C28H38N4O2. The first-order valence-electron chi connectivity index (χ1n) is 12.3. The maximum atomic E-state index is 12.6. The number of carbonyl (C=O) groups excluding carboxylic acids is 1. The quantitative estimate of drug-likeness (QED) is 0.336. The second kappa shape index (κ2) is 12.3. The topological polar surface area (TPSA) is 59.4 Å². The number of nitrogens with one attached hydrogen (secondary N) is 1. The largest absolute Gasteiger partial charge is 0.491 e. The molecule has 0 saturated heterocycles. The van der Waals surface area contributed by atoms with Crippen molar-refractivity contribution in [2.75, 3.05) is 25.1 Å². The van der Waals surface area contributed by atoms with Crippen molar-refractivity contribution in [1.29, 1.82) is 0 Å². The Morgan fingerprint density at radius 3 is 2.56 bits per heavy atom. The highest BCUT2D eigenvalue weighted by Crippen LogP contribution is 2.33. The fourth-order valence-electron chi connectivity index (χ4n) is 4.27. The first kappa shape index (κ1) is 25.3. The first-order valence-corrected chi connectivity index (χ1v) is 12.3. The number of aryl methyl sites for hydroxylation is 2. The molecule has 6 nitrogen and oxygen atoms in total. The molecule has 3 rings (SSSR count). The highest BCUT2D eigenvalue weighted by molar-refractivity contribution is 5.94. The van der Waals surface area contributed by atoms with E-state index in [0.29, 0.717) is 19.1 Å². The van der Waals surface area contributed by atoms with E-state index in [4.69, 9.17) is 9.72 Å². The predicted molar refractivity (Wildman–Crippen MR) is 140 cm³/mol. The fraction of sp³-hybridized carbons (Fsp3) is 0.429. The minimum Gasteiger partial charge on any atom is -0.491 e. The van der Waals surface area contributed by atoms with Gasteiger partial charge in [0.05, 0.1) is 24.3 Å². The molecule has 3 aromatic rings. The number of amides is 2. The number of hydrogen-bond donors (Lipinski definition) is 1. The van der Waals surface area contributed by atoms with Crippen LogP contribution in [0.2, 0.25) is 0 Å². The summed E-state index contributed by atoms with van der Waals surface area (Å²) >= 11 is 0. The van der Waals surface area contributed by atoms with Crippen LogP contribution in [0.15, 0.2) is 54.9 Å². The van der Waals surface area contributed by atoms with Gasteiger partial charge in [-0.25, -0.2) is 9.78 Å². The van der Waals surface area contributed by atoms with Gasteiger partial charge in [0.15, 0.2) is 0 Å². The molecule has 0 fully saturated rings. The van der Waals surface area contributed by atoms with Gasteiger partial charge in [-0.15, -0.1) is 0 Å². The van der Waals surface area contributed by atoms with Crippen LogP contribution in [-0.2, 0) is 6.54 Å². The van der Waals surface area contributed by atoms with Crippen LogP contribution in [-0.4, -0.2) is 35.8 Å². The van der Waals surface area contributed by atoms with E-state index in [1.807, 2.05) is 49.6 Å². The van der Waals surface area contributed by atoms with Gasteiger partial charge in [0, 0.05) is 31.4 Å². The summed E-state index contributed by atoms with van der Waals surface area (Å²) in [6.07, 6.45) is 4.73. The molecule has 1 aromatic heterocycles. The molecule has 34 heavy (non-hydrogen) atoms. The molecule has 2 amide bonds. The molecule has 0 aliphatic heterocycles. The summed E-state index contributed by atoms with van der Waals surface area (Å²) in [5, 5.41) is 2.77. The molecule has 1 N–H and O–H groups in total. The van der Waals surface area contributed by atoms with Gasteiger partial charge < -0.3 is 14.6 Å². The van der Waals surface area contributed by atoms with Crippen molar-refractivity contribution in [3.8, 4) is 17.0 Å². The summed E-state index contributed by atoms with van der Waals surface area (Å²) in [6.45, 7) is 10.6. The third-order valence-corrected chi connectivity index (χ3v) is 5.94. The van der Waals surface area contributed by atoms with Gasteiger partial charge >= 0.3 is 6.03 Å². The standard InChI is InChI=1S/C28H38N4O2/c1-6-7-18-32(28(33)29-5)27-22(4)13-11-16-24(27)34-19-12-17-31-20-30-25(26(31)21(2)3)23-14-9-8-10-15-23/h8-11,13-16,20-21H,6-7,12,17-19H2,1-5H3,(H,29,33). The van der Waals surface area contributed by atoms with Crippen LogP contribution in [0.5, 0.6) is 5.75 Å². The van der Waals surface area contributed by atoms with E-state index in [1.165, 1.54) is 5.69 Å². The third-order valence-electron chi connectivity index (χ3n) is 5.94. The number of urea groups is 1. The Balaban J connectivity index is 1.72. The van der Waals surface area contributed by atoms with Crippen molar-refractivity contribution in [3.05, 3.63) is 66.1 Å². The lowest BCUT2D eigenvalue weighted by molar-refractivity contribution is 0.247. The van der Waals surface area contributed by atoms with E-state index < -0.39 is 0 Å². The lowest BCUT2D eigenvalue weighted by atomic mass is 10.0. The zero-order chi connectivity index (χ0) is 24.5. The Morgan fingerprint density at radius 1 is 1.12 bits per heavy atom. The molecular weight excluding hydrogens is 424 g/mol. The second-order valence-electron chi connectivity index (χ2n) is 8.88. The molecule has 0 aliphatic carbocycles. The highest BCUT2D eigenvalue weighted by atomic mass is 16.5. The van der Waals surface area contributed by atoms with Gasteiger partial charge in [-0.1, -0.05) is 69.7 Å². The average Bonchev–Trinajstić information content (AvgIpc) is 3.27. The minimum atomic E-state index is -0.110. The van der Waals surface area contributed by atoms with Gasteiger partial charge in [-0.3, -0.25) is 4.90 Å². The molecule has 6 heteroatoms. The van der Waals surface area contributed by atoms with E-state index >= 15 is 0 Å². The maximum absolute atomic E-state index is 12.6.